The summed E-state index contributed by atoms with van der Waals surface area (Å²) in [6, 6.07) is 6.96. The number of carbonyl (C=O) groups is 2. The van der Waals surface area contributed by atoms with Crippen molar-refractivity contribution in [3.63, 3.8) is 0 Å². The van der Waals surface area contributed by atoms with Crippen LogP contribution in [0.25, 0.3) is 6.08 Å². The molecule has 4 nitrogen and oxygen atoms in total. The quantitative estimate of drug-likeness (QED) is 0.793. The lowest BCUT2D eigenvalue weighted by molar-refractivity contribution is -0.131. The Morgan fingerprint density at radius 3 is 2.76 bits per heavy atom. The number of amides is 1. The molecule has 21 heavy (non-hydrogen) atoms. The fraction of sp³-hybridized carbons (Fsp3) is 0.375. The maximum Gasteiger partial charge on any atom is 0.328 e. The summed E-state index contributed by atoms with van der Waals surface area (Å²) in [6.07, 6.45) is 8.16. The van der Waals surface area contributed by atoms with Crippen LogP contribution in [0.15, 0.2) is 30.3 Å². The highest BCUT2D eigenvalue weighted by Gasteiger charge is 2.36. The van der Waals surface area contributed by atoms with Crippen LogP contribution in [0.2, 0.25) is 0 Å². The molecule has 0 radical (unpaired) electrons. The molecule has 1 amide bonds. The van der Waals surface area contributed by atoms with E-state index in [2.05, 4.69) is 11.6 Å². The van der Waals surface area contributed by atoms with Crippen molar-refractivity contribution in [2.75, 3.05) is 12.8 Å². The first-order valence-electron chi connectivity index (χ1n) is 6.89. The number of thioether (sulfide) groups is 1. The van der Waals surface area contributed by atoms with Gasteiger partial charge in [0.05, 0.1) is 0 Å². The standard InChI is InChI=1S/C16H19NO3S/c1-21-16(8-3-9-16)11-17-15(20)13-5-2-4-12(10-13)6-7-14(18)19/h2,4-7,10H,3,8-9,11H2,1H3,(H,17,20)(H,18,19)/b7-6+. The van der Waals surface area contributed by atoms with Gasteiger partial charge in [0.2, 0.25) is 0 Å². The fourth-order valence-electron chi connectivity index (χ4n) is 2.32. The van der Waals surface area contributed by atoms with Gasteiger partial charge in [-0.2, -0.15) is 11.8 Å². The minimum atomic E-state index is -1.00. The predicted octanol–water partition coefficient (Wildman–Crippen LogP) is 2.80. The number of carbonyl (C=O) groups excluding carboxylic acids is 1. The predicted molar refractivity (Wildman–Crippen MR) is 85.5 cm³/mol. The van der Waals surface area contributed by atoms with E-state index in [1.165, 1.54) is 12.5 Å². The Labute approximate surface area is 128 Å². The molecule has 2 rings (SSSR count). The molecule has 0 unspecified atom stereocenters. The Morgan fingerprint density at radius 1 is 1.43 bits per heavy atom. The van der Waals surface area contributed by atoms with Crippen molar-refractivity contribution < 1.29 is 14.7 Å². The van der Waals surface area contributed by atoms with Gasteiger partial charge in [0.25, 0.3) is 5.91 Å². The van der Waals surface area contributed by atoms with E-state index >= 15 is 0 Å². The summed E-state index contributed by atoms with van der Waals surface area (Å²) in [5.74, 6) is -1.11. The summed E-state index contributed by atoms with van der Waals surface area (Å²) in [7, 11) is 0. The summed E-state index contributed by atoms with van der Waals surface area (Å²) in [5, 5.41) is 11.6. The largest absolute Gasteiger partial charge is 0.478 e. The number of carboxylic acid groups (broad SMARTS) is 1. The van der Waals surface area contributed by atoms with Crippen molar-refractivity contribution >= 4 is 29.7 Å². The van der Waals surface area contributed by atoms with Crippen LogP contribution in [0, 0.1) is 0 Å². The van der Waals surface area contributed by atoms with Gasteiger partial charge in [-0.15, -0.1) is 0 Å². The van der Waals surface area contributed by atoms with Crippen LogP contribution in [0.1, 0.15) is 35.2 Å². The highest BCUT2D eigenvalue weighted by atomic mass is 32.2. The Bertz CT molecular complexity index is 559. The summed E-state index contributed by atoms with van der Waals surface area (Å²) in [6.45, 7) is 0.683. The van der Waals surface area contributed by atoms with Gasteiger partial charge in [-0.05, 0) is 42.9 Å². The van der Waals surface area contributed by atoms with Crippen molar-refractivity contribution in [2.45, 2.75) is 24.0 Å². The minimum Gasteiger partial charge on any atom is -0.478 e. The molecule has 2 N–H and O–H groups in total. The van der Waals surface area contributed by atoms with Gasteiger partial charge < -0.3 is 10.4 Å². The van der Waals surface area contributed by atoms with Gasteiger partial charge in [-0.1, -0.05) is 18.6 Å². The van der Waals surface area contributed by atoms with E-state index < -0.39 is 5.97 Å². The first-order chi connectivity index (χ1) is 10.0. The molecule has 1 aromatic carbocycles. The maximum atomic E-state index is 12.2. The van der Waals surface area contributed by atoms with Gasteiger partial charge >= 0.3 is 5.97 Å². The molecule has 0 spiro atoms. The molecule has 0 bridgehead atoms. The molecular weight excluding hydrogens is 286 g/mol. The smallest absolute Gasteiger partial charge is 0.328 e. The van der Waals surface area contributed by atoms with Crippen LogP contribution in [-0.4, -0.2) is 34.5 Å². The topological polar surface area (TPSA) is 66.4 Å². The van der Waals surface area contributed by atoms with Crippen LogP contribution in [0.3, 0.4) is 0 Å². The molecule has 1 saturated carbocycles. The van der Waals surface area contributed by atoms with Crippen molar-refractivity contribution in [3.8, 4) is 0 Å². The number of carboxylic acids is 1. The van der Waals surface area contributed by atoms with E-state index in [0.717, 1.165) is 18.9 Å². The Hall–Kier alpha value is -1.75. The lowest BCUT2D eigenvalue weighted by atomic mass is 9.84. The molecule has 0 aromatic heterocycles. The summed E-state index contributed by atoms with van der Waals surface area (Å²) in [4.78, 5) is 22.7. The number of rotatable bonds is 6. The first kappa shape index (κ1) is 15.6. The highest BCUT2D eigenvalue weighted by molar-refractivity contribution is 8.00. The highest BCUT2D eigenvalue weighted by Crippen LogP contribution is 2.42. The number of benzene rings is 1. The monoisotopic (exact) mass is 305 g/mol. The summed E-state index contributed by atoms with van der Waals surface area (Å²) in [5.41, 5.74) is 1.26. The second kappa shape index (κ2) is 6.80. The second-order valence-electron chi connectivity index (χ2n) is 5.22. The van der Waals surface area contributed by atoms with Crippen molar-refractivity contribution in [1.29, 1.82) is 0 Å². The average molecular weight is 305 g/mol. The van der Waals surface area contributed by atoms with E-state index in [1.807, 2.05) is 11.8 Å². The molecule has 0 saturated heterocycles. The number of hydrogen-bond acceptors (Lipinski definition) is 3. The van der Waals surface area contributed by atoms with Crippen LogP contribution in [-0.2, 0) is 4.79 Å². The van der Waals surface area contributed by atoms with Crippen LogP contribution in [0.5, 0.6) is 0 Å². The van der Waals surface area contributed by atoms with E-state index in [1.54, 1.807) is 24.3 Å². The molecule has 1 aliphatic rings. The summed E-state index contributed by atoms with van der Waals surface area (Å²) < 4.78 is 0.205. The normalized spacial score (nSPS) is 16.4. The molecule has 0 aliphatic heterocycles. The SMILES string of the molecule is CSC1(CNC(=O)c2cccc(/C=C/C(=O)O)c2)CCC1. The molecule has 1 aromatic rings. The zero-order valence-electron chi connectivity index (χ0n) is 12.0. The van der Waals surface area contributed by atoms with Gasteiger partial charge in [-0.3, -0.25) is 4.79 Å². The third-order valence-electron chi connectivity index (χ3n) is 3.84. The molecule has 112 valence electrons. The second-order valence-corrected chi connectivity index (χ2v) is 6.49. The van der Waals surface area contributed by atoms with E-state index in [0.29, 0.717) is 17.7 Å². The van der Waals surface area contributed by atoms with Gasteiger partial charge in [0, 0.05) is 22.9 Å². The van der Waals surface area contributed by atoms with Gasteiger partial charge in [0.15, 0.2) is 0 Å². The zero-order valence-corrected chi connectivity index (χ0v) is 12.8. The zero-order chi connectivity index (χ0) is 15.3. The molecule has 5 heteroatoms. The van der Waals surface area contributed by atoms with Crippen molar-refractivity contribution in [2.24, 2.45) is 0 Å². The summed E-state index contributed by atoms with van der Waals surface area (Å²) >= 11 is 1.82. The molecule has 1 aliphatic carbocycles. The van der Waals surface area contributed by atoms with Crippen molar-refractivity contribution in [1.82, 2.24) is 5.32 Å². The molecule has 0 heterocycles. The molecule has 0 atom stereocenters. The first-order valence-corrected chi connectivity index (χ1v) is 8.12. The lowest BCUT2D eigenvalue weighted by Crippen LogP contribution is -2.45. The van der Waals surface area contributed by atoms with Gasteiger partial charge in [0.1, 0.15) is 0 Å². The Morgan fingerprint density at radius 2 is 2.19 bits per heavy atom. The van der Waals surface area contributed by atoms with Crippen LogP contribution >= 0.6 is 11.8 Å². The van der Waals surface area contributed by atoms with E-state index in [9.17, 15) is 9.59 Å². The van der Waals surface area contributed by atoms with Gasteiger partial charge in [-0.25, -0.2) is 4.79 Å². The number of aliphatic carboxylic acids is 1. The van der Waals surface area contributed by atoms with Crippen LogP contribution in [0.4, 0.5) is 0 Å². The fourth-order valence-corrected chi connectivity index (χ4v) is 3.23. The third-order valence-corrected chi connectivity index (χ3v) is 5.25. The lowest BCUT2D eigenvalue weighted by Gasteiger charge is -2.40. The van der Waals surface area contributed by atoms with E-state index in [4.69, 9.17) is 5.11 Å². The van der Waals surface area contributed by atoms with Crippen LogP contribution < -0.4 is 5.32 Å². The number of hydrogen-bond donors (Lipinski definition) is 2. The molecule has 1 fully saturated rings. The Balaban J connectivity index is 1.99. The minimum absolute atomic E-state index is 0.110. The maximum absolute atomic E-state index is 12.2. The Kier molecular flexibility index (Phi) is 5.07. The molecular formula is C16H19NO3S. The average Bonchev–Trinajstić information content (AvgIpc) is 2.44. The third kappa shape index (κ3) is 4.11. The van der Waals surface area contributed by atoms with E-state index in [-0.39, 0.29) is 10.7 Å². The van der Waals surface area contributed by atoms with Crippen molar-refractivity contribution in [3.05, 3.63) is 41.5 Å². The number of nitrogens with one attached hydrogen (secondary N) is 1.